The largest absolute Gasteiger partial charge is 0.399 e. The fourth-order valence-corrected chi connectivity index (χ4v) is 2.98. The van der Waals surface area contributed by atoms with Gasteiger partial charge in [-0.05, 0) is 36.4 Å². The van der Waals surface area contributed by atoms with Crippen molar-refractivity contribution in [1.82, 2.24) is 0 Å². The van der Waals surface area contributed by atoms with Crippen molar-refractivity contribution in [3.8, 4) is 0 Å². The number of anilines is 1. The Morgan fingerprint density at radius 3 is 1.94 bits per heavy atom. The zero-order valence-corrected chi connectivity index (χ0v) is 11.7. The van der Waals surface area contributed by atoms with Crippen molar-refractivity contribution in [1.29, 1.82) is 0 Å². The highest BCUT2D eigenvalue weighted by molar-refractivity contribution is 7.99. The van der Waals surface area contributed by atoms with Gasteiger partial charge in [0.25, 0.3) is 0 Å². The van der Waals surface area contributed by atoms with Gasteiger partial charge in [-0.1, -0.05) is 46.6 Å². The molecule has 0 bridgehead atoms. The summed E-state index contributed by atoms with van der Waals surface area (Å²) in [5, 5.41) is 1.80. The van der Waals surface area contributed by atoms with Gasteiger partial charge < -0.3 is 5.73 Å². The number of rotatable bonds is 2. The molecule has 0 unspecified atom stereocenters. The molecule has 0 aliphatic carbocycles. The summed E-state index contributed by atoms with van der Waals surface area (Å²) in [7, 11) is 0. The summed E-state index contributed by atoms with van der Waals surface area (Å²) in [6, 6.07) is 10.8. The quantitative estimate of drug-likeness (QED) is 0.754. The Labute approximate surface area is 119 Å². The monoisotopic (exact) mass is 303 g/mol. The molecule has 0 aliphatic rings. The molecule has 0 aliphatic heterocycles. The molecule has 0 heterocycles. The average molecular weight is 305 g/mol. The maximum atomic E-state index is 6.10. The number of hydrogen-bond donors (Lipinski definition) is 1. The lowest BCUT2D eigenvalue weighted by atomic mass is 10.3. The second kappa shape index (κ2) is 5.40. The lowest BCUT2D eigenvalue weighted by Gasteiger charge is -2.07. The van der Waals surface area contributed by atoms with Crippen LogP contribution in [-0.4, -0.2) is 0 Å². The van der Waals surface area contributed by atoms with Gasteiger partial charge in [0.2, 0.25) is 0 Å². The van der Waals surface area contributed by atoms with Crippen LogP contribution in [0.25, 0.3) is 0 Å². The van der Waals surface area contributed by atoms with Crippen molar-refractivity contribution >= 4 is 52.3 Å². The van der Waals surface area contributed by atoms with Crippen LogP contribution in [-0.2, 0) is 0 Å². The minimum Gasteiger partial charge on any atom is -0.399 e. The van der Waals surface area contributed by atoms with Crippen molar-refractivity contribution in [2.75, 3.05) is 5.73 Å². The minimum atomic E-state index is 0.551. The Bertz CT molecular complexity index is 517. The normalized spacial score (nSPS) is 10.5. The maximum Gasteiger partial charge on any atom is 0.0581 e. The molecular weight excluding hydrogens is 297 g/mol. The molecular formula is C12H8Cl3NS. The molecule has 0 atom stereocenters. The van der Waals surface area contributed by atoms with Gasteiger partial charge in [-0.15, -0.1) is 0 Å². The Hall–Kier alpha value is -0.540. The van der Waals surface area contributed by atoms with E-state index in [2.05, 4.69) is 0 Å². The van der Waals surface area contributed by atoms with Gasteiger partial charge in [-0.3, -0.25) is 0 Å². The smallest absolute Gasteiger partial charge is 0.0581 e. The second-order valence-corrected chi connectivity index (χ2v) is 5.70. The first-order valence-corrected chi connectivity index (χ1v) is 6.69. The third-order valence-electron chi connectivity index (χ3n) is 2.05. The fraction of sp³-hybridized carbons (Fsp3) is 0. The number of nitrogens with two attached hydrogens (primary N) is 1. The standard InChI is InChI=1S/C12H8Cl3NS/c13-7-1-3-9(4-2-7)17-12-10(14)5-8(16)6-11(12)15/h1-6H,16H2. The van der Waals surface area contributed by atoms with Crippen LogP contribution < -0.4 is 5.73 Å². The fourth-order valence-electron chi connectivity index (χ4n) is 1.30. The number of nitrogen functional groups attached to an aromatic ring is 1. The van der Waals surface area contributed by atoms with Crippen LogP contribution >= 0.6 is 46.6 Å². The van der Waals surface area contributed by atoms with Crippen LogP contribution in [0.1, 0.15) is 0 Å². The summed E-state index contributed by atoms with van der Waals surface area (Å²) in [6.45, 7) is 0. The molecule has 2 aromatic rings. The number of halogens is 3. The zero-order chi connectivity index (χ0) is 12.4. The highest BCUT2D eigenvalue weighted by atomic mass is 35.5. The van der Waals surface area contributed by atoms with Gasteiger partial charge in [0.05, 0.1) is 10.0 Å². The van der Waals surface area contributed by atoms with Crippen LogP contribution in [0.3, 0.4) is 0 Å². The first kappa shape index (κ1) is 12.9. The molecule has 0 radical (unpaired) electrons. The molecule has 5 heteroatoms. The van der Waals surface area contributed by atoms with Gasteiger partial charge in [-0.2, -0.15) is 0 Å². The summed E-state index contributed by atoms with van der Waals surface area (Å²) in [5.74, 6) is 0. The van der Waals surface area contributed by atoms with Crippen LogP contribution in [0.4, 0.5) is 5.69 Å². The van der Waals surface area contributed by atoms with Crippen molar-refractivity contribution in [2.24, 2.45) is 0 Å². The molecule has 0 spiro atoms. The summed E-state index contributed by atoms with van der Waals surface area (Å²) in [4.78, 5) is 1.81. The predicted octanol–water partition coefficient (Wildman–Crippen LogP) is 5.38. The van der Waals surface area contributed by atoms with Crippen LogP contribution in [0, 0.1) is 0 Å². The van der Waals surface area contributed by atoms with Gasteiger partial charge in [0, 0.05) is 20.5 Å². The Morgan fingerprint density at radius 1 is 0.882 bits per heavy atom. The van der Waals surface area contributed by atoms with Crippen molar-refractivity contribution in [3.05, 3.63) is 51.5 Å². The Morgan fingerprint density at radius 2 is 1.41 bits per heavy atom. The highest BCUT2D eigenvalue weighted by Crippen LogP contribution is 2.40. The molecule has 1 nitrogen and oxygen atoms in total. The summed E-state index contributed by atoms with van der Waals surface area (Å²) < 4.78 is 0. The molecule has 17 heavy (non-hydrogen) atoms. The summed E-state index contributed by atoms with van der Waals surface area (Å²) >= 11 is 19.5. The molecule has 0 fully saturated rings. The number of benzene rings is 2. The summed E-state index contributed by atoms with van der Waals surface area (Å²) in [6.07, 6.45) is 0. The van der Waals surface area contributed by atoms with E-state index < -0.39 is 0 Å². The first-order valence-electron chi connectivity index (χ1n) is 4.74. The first-order chi connectivity index (χ1) is 8.06. The lowest BCUT2D eigenvalue weighted by Crippen LogP contribution is -1.86. The van der Waals surface area contributed by atoms with E-state index in [1.54, 1.807) is 12.1 Å². The minimum absolute atomic E-state index is 0.551. The average Bonchev–Trinajstić information content (AvgIpc) is 2.26. The molecule has 88 valence electrons. The van der Waals surface area contributed by atoms with Crippen LogP contribution in [0.5, 0.6) is 0 Å². The topological polar surface area (TPSA) is 26.0 Å². The summed E-state index contributed by atoms with van der Waals surface area (Å²) in [5.41, 5.74) is 6.20. The maximum absolute atomic E-state index is 6.10. The third kappa shape index (κ3) is 3.23. The molecule has 2 N–H and O–H groups in total. The van der Waals surface area contributed by atoms with E-state index in [1.807, 2.05) is 24.3 Å². The molecule has 0 saturated carbocycles. The van der Waals surface area contributed by atoms with Crippen LogP contribution in [0.15, 0.2) is 46.2 Å². The molecule has 2 rings (SSSR count). The molecule has 0 aromatic heterocycles. The van der Waals surface area contributed by atoms with Crippen molar-refractivity contribution in [2.45, 2.75) is 9.79 Å². The van der Waals surface area contributed by atoms with Gasteiger partial charge >= 0.3 is 0 Å². The van der Waals surface area contributed by atoms with Gasteiger partial charge in [-0.25, -0.2) is 0 Å². The van der Waals surface area contributed by atoms with Crippen molar-refractivity contribution in [3.63, 3.8) is 0 Å². The SMILES string of the molecule is Nc1cc(Cl)c(Sc2ccc(Cl)cc2)c(Cl)c1. The lowest BCUT2D eigenvalue weighted by molar-refractivity contribution is 1.41. The van der Waals surface area contributed by atoms with Crippen molar-refractivity contribution < 1.29 is 0 Å². The van der Waals surface area contributed by atoms with Crippen LogP contribution in [0.2, 0.25) is 15.1 Å². The second-order valence-electron chi connectivity index (χ2n) is 3.37. The van der Waals surface area contributed by atoms with E-state index in [-0.39, 0.29) is 0 Å². The van der Waals surface area contributed by atoms with E-state index in [9.17, 15) is 0 Å². The van der Waals surface area contributed by atoms with E-state index in [4.69, 9.17) is 40.5 Å². The van der Waals surface area contributed by atoms with E-state index in [0.717, 1.165) is 9.79 Å². The molecule has 0 amide bonds. The zero-order valence-electron chi connectivity index (χ0n) is 8.58. The van der Waals surface area contributed by atoms with Gasteiger partial charge in [0.15, 0.2) is 0 Å². The predicted molar refractivity (Wildman–Crippen MR) is 76.4 cm³/mol. The van der Waals surface area contributed by atoms with Gasteiger partial charge in [0.1, 0.15) is 0 Å². The molecule has 0 saturated heterocycles. The van der Waals surface area contributed by atoms with E-state index in [0.29, 0.717) is 20.8 Å². The molecule has 2 aromatic carbocycles. The Kier molecular flexibility index (Phi) is 4.10. The van der Waals surface area contributed by atoms with E-state index in [1.165, 1.54) is 11.8 Å². The third-order valence-corrected chi connectivity index (χ3v) is 4.28. The number of hydrogen-bond acceptors (Lipinski definition) is 2. The highest BCUT2D eigenvalue weighted by Gasteiger charge is 2.09. The van der Waals surface area contributed by atoms with E-state index >= 15 is 0 Å². The Balaban J connectivity index is 2.33.